The van der Waals surface area contributed by atoms with Crippen molar-refractivity contribution < 1.29 is 9.53 Å². The van der Waals surface area contributed by atoms with E-state index in [1.54, 1.807) is 0 Å². The molecule has 4 nitrogen and oxygen atoms in total. The Morgan fingerprint density at radius 1 is 1.33 bits per heavy atom. The van der Waals surface area contributed by atoms with Crippen LogP contribution >= 0.6 is 0 Å². The molecule has 1 aliphatic heterocycles. The molecule has 2 N–H and O–H groups in total. The summed E-state index contributed by atoms with van der Waals surface area (Å²) < 4.78 is 5.55. The maximum Gasteiger partial charge on any atom is 0.222 e. The average molecular weight is 252 g/mol. The van der Waals surface area contributed by atoms with Crippen LogP contribution in [-0.2, 0) is 9.53 Å². The van der Waals surface area contributed by atoms with E-state index in [-0.39, 0.29) is 12.0 Å². The van der Waals surface area contributed by atoms with Crippen molar-refractivity contribution in [3.63, 3.8) is 0 Å². The zero-order valence-electron chi connectivity index (χ0n) is 11.0. The monoisotopic (exact) mass is 252 g/mol. The third-order valence-corrected chi connectivity index (χ3v) is 4.86. The second-order valence-corrected chi connectivity index (χ2v) is 6.14. The van der Waals surface area contributed by atoms with E-state index < -0.39 is 0 Å². The first-order chi connectivity index (χ1) is 8.81. The minimum Gasteiger partial charge on any atom is -0.375 e. The van der Waals surface area contributed by atoms with Gasteiger partial charge in [-0.2, -0.15) is 0 Å². The molecule has 1 amide bonds. The maximum absolute atomic E-state index is 11.9. The van der Waals surface area contributed by atoms with Crippen molar-refractivity contribution in [1.29, 1.82) is 0 Å². The normalized spacial score (nSPS) is 38.9. The van der Waals surface area contributed by atoms with Crippen LogP contribution in [0.15, 0.2) is 0 Å². The second-order valence-electron chi connectivity index (χ2n) is 6.14. The molecule has 102 valence electrons. The topological polar surface area (TPSA) is 50.4 Å². The molecule has 2 bridgehead atoms. The highest BCUT2D eigenvalue weighted by atomic mass is 16.5. The molecular formula is C14H24N2O2. The number of amides is 1. The fraction of sp³-hybridized carbons (Fsp3) is 0.929. The quantitative estimate of drug-likeness (QED) is 0.782. The van der Waals surface area contributed by atoms with Crippen LogP contribution in [0.2, 0.25) is 0 Å². The molecule has 3 aliphatic rings. The largest absolute Gasteiger partial charge is 0.375 e. The Kier molecular flexibility index (Phi) is 3.85. The van der Waals surface area contributed by atoms with Gasteiger partial charge in [0.1, 0.15) is 0 Å². The van der Waals surface area contributed by atoms with Gasteiger partial charge in [-0.3, -0.25) is 4.79 Å². The Balaban J connectivity index is 1.36. The fourth-order valence-corrected chi connectivity index (χ4v) is 3.90. The predicted molar refractivity (Wildman–Crippen MR) is 69.2 cm³/mol. The van der Waals surface area contributed by atoms with Gasteiger partial charge in [0, 0.05) is 19.6 Å². The third kappa shape index (κ3) is 2.86. The highest BCUT2D eigenvalue weighted by molar-refractivity contribution is 5.76. The smallest absolute Gasteiger partial charge is 0.222 e. The summed E-state index contributed by atoms with van der Waals surface area (Å²) in [5.41, 5.74) is 0. The minimum absolute atomic E-state index is 0.0683. The number of rotatable bonds is 4. The number of carbonyl (C=O) groups is 1. The predicted octanol–water partition coefficient (Wildman–Crippen LogP) is 0.917. The van der Waals surface area contributed by atoms with Crippen LogP contribution in [0.25, 0.3) is 0 Å². The number of ether oxygens (including phenoxy) is 1. The molecule has 4 atom stereocenters. The second kappa shape index (κ2) is 5.57. The van der Waals surface area contributed by atoms with Crippen LogP contribution in [0, 0.1) is 17.8 Å². The van der Waals surface area contributed by atoms with Gasteiger partial charge in [-0.1, -0.05) is 6.42 Å². The molecule has 1 saturated heterocycles. The lowest BCUT2D eigenvalue weighted by Crippen LogP contribution is -2.42. The zero-order valence-corrected chi connectivity index (χ0v) is 11.0. The number of carbonyl (C=O) groups excluding carboxylic acids is 1. The SMILES string of the molecule is O=C(CC1CNCCO1)NCC1CC2CCC1C2. The maximum atomic E-state index is 11.9. The summed E-state index contributed by atoms with van der Waals surface area (Å²) in [6.45, 7) is 3.33. The van der Waals surface area contributed by atoms with E-state index in [0.717, 1.165) is 44.0 Å². The van der Waals surface area contributed by atoms with Gasteiger partial charge >= 0.3 is 0 Å². The Bertz CT molecular complexity index is 302. The first kappa shape index (κ1) is 12.4. The molecule has 18 heavy (non-hydrogen) atoms. The van der Waals surface area contributed by atoms with Crippen molar-refractivity contribution in [1.82, 2.24) is 10.6 Å². The molecule has 4 unspecified atom stereocenters. The molecule has 2 saturated carbocycles. The summed E-state index contributed by atoms with van der Waals surface area (Å²) in [4.78, 5) is 11.9. The lowest BCUT2D eigenvalue weighted by atomic mass is 9.89. The van der Waals surface area contributed by atoms with Crippen LogP contribution < -0.4 is 10.6 Å². The Morgan fingerprint density at radius 3 is 2.94 bits per heavy atom. The molecule has 0 spiro atoms. The van der Waals surface area contributed by atoms with Crippen molar-refractivity contribution in [3.8, 4) is 0 Å². The number of hydrogen-bond donors (Lipinski definition) is 2. The summed E-state index contributed by atoms with van der Waals surface area (Å²) in [5.74, 6) is 2.76. The first-order valence-corrected chi connectivity index (χ1v) is 7.40. The van der Waals surface area contributed by atoms with E-state index in [2.05, 4.69) is 10.6 Å². The van der Waals surface area contributed by atoms with E-state index in [0.29, 0.717) is 6.42 Å². The van der Waals surface area contributed by atoms with Gasteiger partial charge < -0.3 is 15.4 Å². The summed E-state index contributed by atoms with van der Waals surface area (Å²) in [6, 6.07) is 0. The molecular weight excluding hydrogens is 228 g/mol. The van der Waals surface area contributed by atoms with Crippen molar-refractivity contribution in [2.45, 2.75) is 38.2 Å². The molecule has 0 aromatic heterocycles. The van der Waals surface area contributed by atoms with Crippen molar-refractivity contribution in [2.75, 3.05) is 26.2 Å². The summed E-state index contributed by atoms with van der Waals surface area (Å²) in [5, 5.41) is 6.36. The molecule has 2 aliphatic carbocycles. The zero-order chi connectivity index (χ0) is 12.4. The van der Waals surface area contributed by atoms with Crippen LogP contribution in [0.3, 0.4) is 0 Å². The van der Waals surface area contributed by atoms with Gasteiger partial charge in [0.15, 0.2) is 0 Å². The van der Waals surface area contributed by atoms with Gasteiger partial charge in [-0.25, -0.2) is 0 Å². The Morgan fingerprint density at radius 2 is 2.28 bits per heavy atom. The van der Waals surface area contributed by atoms with Crippen molar-refractivity contribution in [3.05, 3.63) is 0 Å². The molecule has 3 fully saturated rings. The molecule has 4 heteroatoms. The lowest BCUT2D eigenvalue weighted by molar-refractivity contribution is -0.124. The van der Waals surface area contributed by atoms with Gasteiger partial charge in [0.2, 0.25) is 5.91 Å². The highest BCUT2D eigenvalue weighted by Gasteiger charge is 2.39. The highest BCUT2D eigenvalue weighted by Crippen LogP contribution is 2.47. The molecule has 0 radical (unpaired) electrons. The van der Waals surface area contributed by atoms with E-state index >= 15 is 0 Å². The van der Waals surface area contributed by atoms with E-state index in [9.17, 15) is 4.79 Å². The standard InChI is InChI=1S/C14H24N2O2/c17-14(7-13-9-15-3-4-18-13)16-8-12-6-10-1-2-11(12)5-10/h10-13,15H,1-9H2,(H,16,17). The minimum atomic E-state index is 0.0683. The summed E-state index contributed by atoms with van der Waals surface area (Å²) >= 11 is 0. The van der Waals surface area contributed by atoms with E-state index in [1.807, 2.05) is 0 Å². The van der Waals surface area contributed by atoms with Crippen LogP contribution in [-0.4, -0.2) is 38.3 Å². The van der Waals surface area contributed by atoms with Gasteiger partial charge in [0.25, 0.3) is 0 Å². The molecule has 0 aromatic rings. The third-order valence-electron chi connectivity index (χ3n) is 4.86. The van der Waals surface area contributed by atoms with Crippen molar-refractivity contribution in [2.24, 2.45) is 17.8 Å². The molecule has 0 aromatic carbocycles. The molecule has 3 rings (SSSR count). The van der Waals surface area contributed by atoms with Gasteiger partial charge in [-0.05, 0) is 37.0 Å². The Labute approximate surface area is 109 Å². The number of fused-ring (bicyclic) bond motifs is 2. The fourth-order valence-electron chi connectivity index (χ4n) is 3.90. The van der Waals surface area contributed by atoms with Gasteiger partial charge in [-0.15, -0.1) is 0 Å². The number of morpholine rings is 1. The number of hydrogen-bond acceptors (Lipinski definition) is 3. The van der Waals surface area contributed by atoms with Crippen molar-refractivity contribution >= 4 is 5.91 Å². The van der Waals surface area contributed by atoms with Crippen LogP contribution in [0.4, 0.5) is 0 Å². The number of nitrogens with one attached hydrogen (secondary N) is 2. The summed E-state index contributed by atoms with van der Waals surface area (Å²) in [6.07, 6.45) is 6.15. The lowest BCUT2D eigenvalue weighted by Gasteiger charge is -2.24. The van der Waals surface area contributed by atoms with Crippen LogP contribution in [0.5, 0.6) is 0 Å². The molecule has 1 heterocycles. The average Bonchev–Trinajstić information content (AvgIpc) is 3.00. The summed E-state index contributed by atoms with van der Waals surface area (Å²) in [7, 11) is 0. The first-order valence-electron chi connectivity index (χ1n) is 7.40. The van der Waals surface area contributed by atoms with Crippen LogP contribution in [0.1, 0.15) is 32.1 Å². The Hall–Kier alpha value is -0.610. The van der Waals surface area contributed by atoms with E-state index in [4.69, 9.17) is 4.74 Å². The van der Waals surface area contributed by atoms with Gasteiger partial charge in [0.05, 0.1) is 19.1 Å². The van der Waals surface area contributed by atoms with E-state index in [1.165, 1.54) is 25.7 Å².